The predicted molar refractivity (Wildman–Crippen MR) is 109 cm³/mol. The SMILES string of the molecule is CCNC(=O)CCCCCCCCCCCCCCCCC(=O)OCC. The second kappa shape index (κ2) is 20.3. The lowest BCUT2D eigenvalue weighted by atomic mass is 10.0. The second-order valence-electron chi connectivity index (χ2n) is 7.21. The molecule has 1 N–H and O–H groups in total. The minimum atomic E-state index is -0.0468. The van der Waals surface area contributed by atoms with Crippen molar-refractivity contribution in [2.45, 2.75) is 117 Å². The molecule has 26 heavy (non-hydrogen) atoms. The number of hydrogen-bond donors (Lipinski definition) is 1. The molecule has 1 amide bonds. The zero-order valence-electron chi connectivity index (χ0n) is 17.5. The molecule has 0 saturated heterocycles. The molecule has 0 atom stereocenters. The number of unbranched alkanes of at least 4 members (excludes halogenated alkanes) is 13. The van der Waals surface area contributed by atoms with E-state index in [1.165, 1.54) is 70.6 Å². The van der Waals surface area contributed by atoms with Gasteiger partial charge in [0.2, 0.25) is 5.91 Å². The fourth-order valence-electron chi connectivity index (χ4n) is 3.19. The van der Waals surface area contributed by atoms with Gasteiger partial charge in [-0.1, -0.05) is 77.0 Å². The van der Waals surface area contributed by atoms with Crippen LogP contribution in [0, 0.1) is 0 Å². The van der Waals surface area contributed by atoms with Crippen LogP contribution in [0.1, 0.15) is 117 Å². The fourth-order valence-corrected chi connectivity index (χ4v) is 3.19. The Morgan fingerprint density at radius 1 is 0.615 bits per heavy atom. The van der Waals surface area contributed by atoms with Crippen molar-refractivity contribution in [3.05, 3.63) is 0 Å². The van der Waals surface area contributed by atoms with Crippen LogP contribution < -0.4 is 5.32 Å². The van der Waals surface area contributed by atoms with Gasteiger partial charge in [-0.15, -0.1) is 0 Å². The molecule has 0 saturated carbocycles. The third kappa shape index (κ3) is 19.3. The number of hydrogen-bond acceptors (Lipinski definition) is 3. The van der Waals surface area contributed by atoms with Crippen LogP contribution in [0.4, 0.5) is 0 Å². The van der Waals surface area contributed by atoms with E-state index in [2.05, 4.69) is 5.32 Å². The summed E-state index contributed by atoms with van der Waals surface area (Å²) in [5.41, 5.74) is 0. The molecule has 0 radical (unpaired) electrons. The number of amides is 1. The van der Waals surface area contributed by atoms with Crippen LogP contribution in [0.25, 0.3) is 0 Å². The molecule has 4 heteroatoms. The third-order valence-electron chi connectivity index (χ3n) is 4.71. The molecule has 0 unspecified atom stereocenters. The van der Waals surface area contributed by atoms with E-state index < -0.39 is 0 Å². The average Bonchev–Trinajstić information content (AvgIpc) is 2.61. The highest BCUT2D eigenvalue weighted by molar-refractivity contribution is 5.75. The van der Waals surface area contributed by atoms with E-state index in [0.29, 0.717) is 19.4 Å². The Hall–Kier alpha value is -1.06. The van der Waals surface area contributed by atoms with Gasteiger partial charge in [-0.25, -0.2) is 0 Å². The van der Waals surface area contributed by atoms with Gasteiger partial charge in [0, 0.05) is 19.4 Å². The van der Waals surface area contributed by atoms with Crippen molar-refractivity contribution in [3.8, 4) is 0 Å². The monoisotopic (exact) mass is 369 g/mol. The topological polar surface area (TPSA) is 55.4 Å². The molecule has 0 bridgehead atoms. The molecule has 0 aromatic heterocycles. The van der Waals surface area contributed by atoms with Crippen molar-refractivity contribution in [1.82, 2.24) is 5.32 Å². The largest absolute Gasteiger partial charge is 0.466 e. The van der Waals surface area contributed by atoms with Crippen LogP contribution in [0.3, 0.4) is 0 Å². The third-order valence-corrected chi connectivity index (χ3v) is 4.71. The Balaban J connectivity index is 3.09. The van der Waals surface area contributed by atoms with E-state index in [1.807, 2.05) is 13.8 Å². The highest BCUT2D eigenvalue weighted by Crippen LogP contribution is 2.13. The summed E-state index contributed by atoms with van der Waals surface area (Å²) in [7, 11) is 0. The van der Waals surface area contributed by atoms with E-state index in [4.69, 9.17) is 4.74 Å². The lowest BCUT2D eigenvalue weighted by Crippen LogP contribution is -2.21. The molecule has 0 aliphatic heterocycles. The van der Waals surface area contributed by atoms with Gasteiger partial charge in [0.25, 0.3) is 0 Å². The summed E-state index contributed by atoms with van der Waals surface area (Å²) in [6.45, 7) is 5.06. The molecule has 0 aliphatic carbocycles. The van der Waals surface area contributed by atoms with Crippen LogP contribution >= 0.6 is 0 Å². The number of esters is 1. The first-order valence-corrected chi connectivity index (χ1v) is 11.1. The van der Waals surface area contributed by atoms with Gasteiger partial charge in [0.05, 0.1) is 6.61 Å². The molecular weight excluding hydrogens is 326 g/mol. The number of carbonyl (C=O) groups is 2. The fraction of sp³-hybridized carbons (Fsp3) is 0.909. The van der Waals surface area contributed by atoms with Crippen molar-refractivity contribution in [1.29, 1.82) is 0 Å². The number of carbonyl (C=O) groups excluding carboxylic acids is 2. The van der Waals surface area contributed by atoms with Crippen molar-refractivity contribution >= 4 is 11.9 Å². The van der Waals surface area contributed by atoms with E-state index in [9.17, 15) is 9.59 Å². The van der Waals surface area contributed by atoms with Gasteiger partial charge in [-0.3, -0.25) is 9.59 Å². The van der Waals surface area contributed by atoms with Crippen LogP contribution in [0.2, 0.25) is 0 Å². The van der Waals surface area contributed by atoms with Crippen LogP contribution in [0.15, 0.2) is 0 Å². The number of rotatable bonds is 19. The van der Waals surface area contributed by atoms with Crippen molar-refractivity contribution in [2.75, 3.05) is 13.2 Å². The van der Waals surface area contributed by atoms with Crippen molar-refractivity contribution in [2.24, 2.45) is 0 Å². The summed E-state index contributed by atoms with van der Waals surface area (Å²) in [5.74, 6) is 0.154. The van der Waals surface area contributed by atoms with Gasteiger partial charge in [0.15, 0.2) is 0 Å². The zero-order valence-corrected chi connectivity index (χ0v) is 17.5. The minimum absolute atomic E-state index is 0.0468. The molecule has 4 nitrogen and oxygen atoms in total. The first kappa shape index (κ1) is 24.9. The highest BCUT2D eigenvalue weighted by atomic mass is 16.5. The smallest absolute Gasteiger partial charge is 0.305 e. The Morgan fingerprint density at radius 3 is 1.38 bits per heavy atom. The molecule has 0 rings (SSSR count). The molecule has 0 heterocycles. The quantitative estimate of drug-likeness (QED) is 0.227. The Labute approximate surface area is 161 Å². The van der Waals surface area contributed by atoms with Crippen LogP contribution in [-0.4, -0.2) is 25.0 Å². The molecular formula is C22H43NO3. The van der Waals surface area contributed by atoms with Gasteiger partial charge in [-0.2, -0.15) is 0 Å². The molecule has 0 aromatic rings. The van der Waals surface area contributed by atoms with Gasteiger partial charge < -0.3 is 10.1 Å². The second-order valence-corrected chi connectivity index (χ2v) is 7.21. The minimum Gasteiger partial charge on any atom is -0.466 e. The van der Waals surface area contributed by atoms with Crippen molar-refractivity contribution in [3.63, 3.8) is 0 Å². The lowest BCUT2D eigenvalue weighted by molar-refractivity contribution is -0.143. The Morgan fingerprint density at radius 2 is 1.00 bits per heavy atom. The Bertz CT molecular complexity index is 299. The summed E-state index contributed by atoms with van der Waals surface area (Å²) < 4.78 is 4.92. The van der Waals surface area contributed by atoms with Crippen LogP contribution in [0.5, 0.6) is 0 Å². The standard InChI is InChI=1S/C22H43NO3/c1-3-23-21(24)19-17-15-13-11-9-7-5-6-8-10-12-14-16-18-20-22(25)26-4-2/h3-20H2,1-2H3,(H,23,24). The molecule has 0 aliphatic rings. The van der Waals surface area contributed by atoms with Gasteiger partial charge in [0.1, 0.15) is 0 Å². The molecule has 0 spiro atoms. The van der Waals surface area contributed by atoms with E-state index in [-0.39, 0.29) is 11.9 Å². The normalized spacial score (nSPS) is 10.7. The predicted octanol–water partition coefficient (Wildman–Crippen LogP) is 5.93. The first-order valence-electron chi connectivity index (χ1n) is 11.1. The summed E-state index contributed by atoms with van der Waals surface area (Å²) in [5, 5.41) is 2.85. The maximum Gasteiger partial charge on any atom is 0.305 e. The van der Waals surface area contributed by atoms with Crippen LogP contribution in [-0.2, 0) is 14.3 Å². The summed E-state index contributed by atoms with van der Waals surface area (Å²) >= 11 is 0. The average molecular weight is 370 g/mol. The van der Waals surface area contributed by atoms with Crippen molar-refractivity contribution < 1.29 is 14.3 Å². The summed E-state index contributed by atoms with van der Waals surface area (Å²) in [6, 6.07) is 0. The van der Waals surface area contributed by atoms with E-state index in [0.717, 1.165) is 25.8 Å². The number of nitrogens with one attached hydrogen (secondary N) is 1. The first-order chi connectivity index (χ1) is 12.7. The highest BCUT2D eigenvalue weighted by Gasteiger charge is 2.01. The number of ether oxygens (including phenoxy) is 1. The van der Waals surface area contributed by atoms with Gasteiger partial charge in [-0.05, 0) is 26.7 Å². The van der Waals surface area contributed by atoms with E-state index in [1.54, 1.807) is 0 Å². The molecule has 0 aromatic carbocycles. The molecule has 0 fully saturated rings. The maximum atomic E-state index is 11.3. The maximum absolute atomic E-state index is 11.3. The lowest BCUT2D eigenvalue weighted by Gasteiger charge is -2.04. The summed E-state index contributed by atoms with van der Waals surface area (Å²) in [4.78, 5) is 22.5. The Kier molecular flexibility index (Phi) is 19.4. The zero-order chi connectivity index (χ0) is 19.3. The van der Waals surface area contributed by atoms with Gasteiger partial charge >= 0.3 is 5.97 Å². The van der Waals surface area contributed by atoms with E-state index >= 15 is 0 Å². The molecule has 154 valence electrons. The summed E-state index contributed by atoms with van der Waals surface area (Å²) in [6.07, 6.45) is 18.9.